The maximum atomic E-state index is 13.2. The van der Waals surface area contributed by atoms with Crippen molar-refractivity contribution in [2.24, 2.45) is 0 Å². The lowest BCUT2D eigenvalue weighted by Gasteiger charge is -2.28. The first-order chi connectivity index (χ1) is 16.9. The van der Waals surface area contributed by atoms with E-state index in [4.69, 9.17) is 0 Å². The number of rotatable bonds is 10. The smallest absolute Gasteiger partial charge is 0.241 e. The molecular weight excluding hydrogens is 456 g/mol. The van der Waals surface area contributed by atoms with Crippen molar-refractivity contribution in [1.29, 1.82) is 0 Å². The first-order valence-corrected chi connectivity index (χ1v) is 13.1. The van der Waals surface area contributed by atoms with Gasteiger partial charge in [0.05, 0.1) is 23.1 Å². The number of hydrogen-bond donors (Lipinski definition) is 3. The maximum absolute atomic E-state index is 13.2. The lowest BCUT2D eigenvalue weighted by Crippen LogP contribution is -2.38. The third-order valence-electron chi connectivity index (χ3n) is 5.99. The van der Waals surface area contributed by atoms with Crippen molar-refractivity contribution in [3.8, 4) is 0 Å². The molecule has 0 unspecified atom stereocenters. The number of benzene rings is 4. The first kappa shape index (κ1) is 24.8. The Morgan fingerprint density at radius 2 is 1.17 bits per heavy atom. The van der Waals surface area contributed by atoms with Crippen LogP contribution in [-0.2, 0) is 10.0 Å². The molecular formula is C29H30N2O3S. The molecule has 0 fully saturated rings. The zero-order chi connectivity index (χ0) is 24.7. The van der Waals surface area contributed by atoms with Crippen LogP contribution in [0.25, 0.3) is 0 Å². The average molecular weight is 487 g/mol. The molecule has 0 aromatic heterocycles. The highest BCUT2D eigenvalue weighted by Gasteiger charge is 2.26. The molecule has 0 amide bonds. The zero-order valence-electron chi connectivity index (χ0n) is 19.6. The molecule has 0 bridgehead atoms. The van der Waals surface area contributed by atoms with Crippen LogP contribution >= 0.6 is 0 Å². The molecule has 0 saturated carbocycles. The summed E-state index contributed by atoms with van der Waals surface area (Å²) in [6, 6.07) is 34.4. The fourth-order valence-corrected chi connectivity index (χ4v) is 5.27. The van der Waals surface area contributed by atoms with E-state index in [2.05, 4.69) is 10.0 Å². The summed E-state index contributed by atoms with van der Waals surface area (Å²) in [6.45, 7) is 2.20. The summed E-state index contributed by atoms with van der Waals surface area (Å²) in [7, 11) is -3.76. The normalized spacial score (nSPS) is 14.2. The molecule has 35 heavy (non-hydrogen) atoms. The molecule has 180 valence electrons. The summed E-state index contributed by atoms with van der Waals surface area (Å²) < 4.78 is 29.3. The number of aryl methyl sites for hydroxylation is 1. The molecule has 0 aliphatic carbocycles. The van der Waals surface area contributed by atoms with Crippen LogP contribution in [-0.4, -0.2) is 20.1 Å². The van der Waals surface area contributed by atoms with Gasteiger partial charge in [0, 0.05) is 6.54 Å². The first-order valence-electron chi connectivity index (χ1n) is 11.6. The quantitative estimate of drug-likeness (QED) is 0.292. The molecule has 4 aromatic carbocycles. The Bertz CT molecular complexity index is 1300. The second kappa shape index (κ2) is 11.4. The average Bonchev–Trinajstić information content (AvgIpc) is 2.90. The Balaban J connectivity index is 1.61. The van der Waals surface area contributed by atoms with Gasteiger partial charge in [-0.25, -0.2) is 13.1 Å². The third-order valence-corrected chi connectivity index (χ3v) is 7.48. The summed E-state index contributed by atoms with van der Waals surface area (Å²) in [6.07, 6.45) is -0.816. The predicted molar refractivity (Wildman–Crippen MR) is 139 cm³/mol. The molecule has 4 aromatic rings. The van der Waals surface area contributed by atoms with Crippen LogP contribution in [0.5, 0.6) is 0 Å². The monoisotopic (exact) mass is 486 g/mol. The molecule has 3 N–H and O–H groups in total. The molecule has 0 heterocycles. The maximum Gasteiger partial charge on any atom is 0.241 e. The topological polar surface area (TPSA) is 78.4 Å². The summed E-state index contributed by atoms with van der Waals surface area (Å²) in [5, 5.41) is 14.7. The van der Waals surface area contributed by atoms with Crippen molar-refractivity contribution in [1.82, 2.24) is 10.0 Å². The standard InChI is InChI=1S/C29H30N2O3S/c1-22-17-19-26(20-18-22)35(33,34)31-27(23-11-5-2-6-12-23)21-30-28(24-13-7-3-8-14-24)29(32)25-15-9-4-10-16-25/h2-20,27-32H,21H2,1H3/t27-,28+,29-/m1/s1. The number of nitrogens with one attached hydrogen (secondary N) is 2. The summed E-state index contributed by atoms with van der Waals surface area (Å²) >= 11 is 0. The van der Waals surface area contributed by atoms with E-state index in [9.17, 15) is 13.5 Å². The molecule has 0 saturated heterocycles. The van der Waals surface area contributed by atoms with Gasteiger partial charge in [-0.3, -0.25) is 0 Å². The minimum atomic E-state index is -3.76. The summed E-state index contributed by atoms with van der Waals surface area (Å²) in [4.78, 5) is 0.216. The molecule has 0 spiro atoms. The van der Waals surface area contributed by atoms with Crippen molar-refractivity contribution in [3.05, 3.63) is 138 Å². The van der Waals surface area contributed by atoms with E-state index in [0.717, 1.165) is 22.3 Å². The second-order valence-corrected chi connectivity index (χ2v) is 10.3. The third kappa shape index (κ3) is 6.44. The van der Waals surface area contributed by atoms with Crippen molar-refractivity contribution in [2.45, 2.75) is 30.0 Å². The number of sulfonamides is 1. The lowest BCUT2D eigenvalue weighted by molar-refractivity contribution is 0.127. The van der Waals surface area contributed by atoms with Crippen LogP contribution in [0.2, 0.25) is 0 Å². The van der Waals surface area contributed by atoms with Gasteiger partial charge < -0.3 is 10.4 Å². The largest absolute Gasteiger partial charge is 0.386 e. The van der Waals surface area contributed by atoms with Crippen LogP contribution in [0.4, 0.5) is 0 Å². The van der Waals surface area contributed by atoms with Gasteiger partial charge in [-0.1, -0.05) is 109 Å². The van der Waals surface area contributed by atoms with Crippen LogP contribution in [0, 0.1) is 6.92 Å². The van der Waals surface area contributed by atoms with Crippen LogP contribution < -0.4 is 10.0 Å². The van der Waals surface area contributed by atoms with Gasteiger partial charge in [0.2, 0.25) is 10.0 Å². The van der Waals surface area contributed by atoms with Gasteiger partial charge in [0.25, 0.3) is 0 Å². The predicted octanol–water partition coefficient (Wildman–Crippen LogP) is 5.08. The van der Waals surface area contributed by atoms with Gasteiger partial charge in [-0.05, 0) is 35.7 Å². The molecule has 6 heteroatoms. The van der Waals surface area contributed by atoms with E-state index in [0.29, 0.717) is 0 Å². The molecule has 4 rings (SSSR count). The van der Waals surface area contributed by atoms with E-state index in [1.165, 1.54) is 0 Å². The fraction of sp³-hybridized carbons (Fsp3) is 0.172. The van der Waals surface area contributed by atoms with Crippen molar-refractivity contribution in [2.75, 3.05) is 6.54 Å². The Morgan fingerprint density at radius 1 is 0.686 bits per heavy atom. The summed E-state index contributed by atoms with van der Waals surface area (Å²) in [5.74, 6) is 0. The van der Waals surface area contributed by atoms with Crippen LogP contribution in [0.1, 0.15) is 40.4 Å². The number of aliphatic hydroxyl groups excluding tert-OH is 1. The molecule has 0 aliphatic heterocycles. The Hall–Kier alpha value is -3.29. The minimum Gasteiger partial charge on any atom is -0.386 e. The highest BCUT2D eigenvalue weighted by atomic mass is 32.2. The van der Waals surface area contributed by atoms with Gasteiger partial charge in [0.15, 0.2) is 0 Å². The van der Waals surface area contributed by atoms with Crippen LogP contribution in [0.15, 0.2) is 120 Å². The Morgan fingerprint density at radius 3 is 1.71 bits per heavy atom. The molecule has 5 nitrogen and oxygen atoms in total. The fourth-order valence-electron chi connectivity index (χ4n) is 4.05. The van der Waals surface area contributed by atoms with E-state index in [1.54, 1.807) is 24.3 Å². The molecule has 3 atom stereocenters. The molecule has 0 radical (unpaired) electrons. The Labute approximate surface area is 207 Å². The van der Waals surface area contributed by atoms with Crippen LogP contribution in [0.3, 0.4) is 0 Å². The number of hydrogen-bond acceptors (Lipinski definition) is 4. The molecule has 0 aliphatic rings. The minimum absolute atomic E-state index is 0.216. The second-order valence-electron chi connectivity index (χ2n) is 8.55. The van der Waals surface area contributed by atoms with E-state index >= 15 is 0 Å². The van der Waals surface area contributed by atoms with Crippen molar-refractivity contribution >= 4 is 10.0 Å². The Kier molecular flexibility index (Phi) is 8.10. The van der Waals surface area contributed by atoms with E-state index in [1.807, 2.05) is 97.9 Å². The number of aliphatic hydroxyl groups is 1. The van der Waals surface area contributed by atoms with Crippen molar-refractivity contribution < 1.29 is 13.5 Å². The van der Waals surface area contributed by atoms with Gasteiger partial charge in [-0.2, -0.15) is 0 Å². The van der Waals surface area contributed by atoms with E-state index in [-0.39, 0.29) is 11.4 Å². The van der Waals surface area contributed by atoms with E-state index < -0.39 is 28.2 Å². The summed E-state index contributed by atoms with van der Waals surface area (Å²) in [5.41, 5.74) is 3.52. The lowest BCUT2D eigenvalue weighted by atomic mass is 9.95. The van der Waals surface area contributed by atoms with Gasteiger partial charge in [0.1, 0.15) is 0 Å². The highest BCUT2D eigenvalue weighted by molar-refractivity contribution is 7.89. The zero-order valence-corrected chi connectivity index (χ0v) is 20.4. The van der Waals surface area contributed by atoms with Gasteiger partial charge in [-0.15, -0.1) is 0 Å². The highest BCUT2D eigenvalue weighted by Crippen LogP contribution is 2.29. The van der Waals surface area contributed by atoms with Crippen molar-refractivity contribution in [3.63, 3.8) is 0 Å². The SMILES string of the molecule is Cc1ccc(S(=O)(=O)N[C@H](CN[C@@H](c2ccccc2)[C@H](O)c2ccccc2)c2ccccc2)cc1. The van der Waals surface area contributed by atoms with Gasteiger partial charge >= 0.3 is 0 Å².